The standard InChI is InChI=1S/C14H15ClN2/c1-2-16-9-12-5-6-13(15)8-14(12)11-4-3-7-17-10-11/h3-8,10,16H,2,9H2,1H3. The Morgan fingerprint density at radius 3 is 2.88 bits per heavy atom. The van der Waals surface area contributed by atoms with E-state index in [9.17, 15) is 0 Å². The van der Waals surface area contributed by atoms with Crippen LogP contribution in [0.15, 0.2) is 42.7 Å². The molecular formula is C14H15ClN2. The summed E-state index contributed by atoms with van der Waals surface area (Å²) >= 11 is 6.06. The highest BCUT2D eigenvalue weighted by atomic mass is 35.5. The molecule has 0 atom stereocenters. The van der Waals surface area contributed by atoms with Crippen molar-refractivity contribution in [3.05, 3.63) is 53.3 Å². The van der Waals surface area contributed by atoms with Gasteiger partial charge in [-0.15, -0.1) is 0 Å². The highest BCUT2D eigenvalue weighted by molar-refractivity contribution is 6.30. The fraction of sp³-hybridized carbons (Fsp3) is 0.214. The first-order chi connectivity index (χ1) is 8.31. The van der Waals surface area contributed by atoms with E-state index in [0.717, 1.165) is 29.2 Å². The van der Waals surface area contributed by atoms with E-state index in [1.54, 1.807) is 6.20 Å². The van der Waals surface area contributed by atoms with Crippen molar-refractivity contribution in [1.29, 1.82) is 0 Å². The summed E-state index contributed by atoms with van der Waals surface area (Å²) in [6, 6.07) is 9.97. The lowest BCUT2D eigenvalue weighted by atomic mass is 10.0. The van der Waals surface area contributed by atoms with Crippen LogP contribution in [0.25, 0.3) is 11.1 Å². The molecule has 17 heavy (non-hydrogen) atoms. The van der Waals surface area contributed by atoms with Gasteiger partial charge >= 0.3 is 0 Å². The molecule has 1 heterocycles. The molecule has 0 unspecified atom stereocenters. The molecule has 0 spiro atoms. The Bertz CT molecular complexity index is 483. The lowest BCUT2D eigenvalue weighted by Crippen LogP contribution is -2.12. The zero-order chi connectivity index (χ0) is 12.1. The molecule has 0 saturated heterocycles. The Labute approximate surface area is 107 Å². The number of aromatic nitrogens is 1. The molecule has 88 valence electrons. The lowest BCUT2D eigenvalue weighted by molar-refractivity contribution is 0.728. The zero-order valence-corrected chi connectivity index (χ0v) is 10.5. The van der Waals surface area contributed by atoms with Crippen molar-refractivity contribution in [3.63, 3.8) is 0 Å². The Kier molecular flexibility index (Phi) is 4.13. The number of hydrogen-bond acceptors (Lipinski definition) is 2. The van der Waals surface area contributed by atoms with Gasteiger partial charge in [-0.1, -0.05) is 30.7 Å². The second-order valence-electron chi connectivity index (χ2n) is 3.82. The molecular weight excluding hydrogens is 232 g/mol. The number of rotatable bonds is 4. The average Bonchev–Trinajstić information content (AvgIpc) is 2.38. The van der Waals surface area contributed by atoms with Gasteiger partial charge in [0.2, 0.25) is 0 Å². The predicted molar refractivity (Wildman–Crippen MR) is 72.1 cm³/mol. The highest BCUT2D eigenvalue weighted by Crippen LogP contribution is 2.26. The SMILES string of the molecule is CCNCc1ccc(Cl)cc1-c1cccnc1. The molecule has 2 rings (SSSR count). The summed E-state index contributed by atoms with van der Waals surface area (Å²) in [5, 5.41) is 4.08. The van der Waals surface area contributed by atoms with E-state index in [0.29, 0.717) is 0 Å². The molecule has 2 aromatic rings. The van der Waals surface area contributed by atoms with Gasteiger partial charge in [0.15, 0.2) is 0 Å². The van der Waals surface area contributed by atoms with Crippen molar-refractivity contribution >= 4 is 11.6 Å². The second kappa shape index (κ2) is 5.80. The quantitative estimate of drug-likeness (QED) is 0.893. The first kappa shape index (κ1) is 12.1. The third-order valence-corrected chi connectivity index (χ3v) is 2.85. The molecule has 0 amide bonds. The molecule has 2 nitrogen and oxygen atoms in total. The minimum Gasteiger partial charge on any atom is -0.313 e. The number of pyridine rings is 1. The molecule has 0 aliphatic carbocycles. The molecule has 0 fully saturated rings. The number of hydrogen-bond donors (Lipinski definition) is 1. The van der Waals surface area contributed by atoms with Crippen molar-refractivity contribution in [2.45, 2.75) is 13.5 Å². The summed E-state index contributed by atoms with van der Waals surface area (Å²) in [4.78, 5) is 4.15. The molecule has 3 heteroatoms. The van der Waals surface area contributed by atoms with Crippen LogP contribution in [0.1, 0.15) is 12.5 Å². The van der Waals surface area contributed by atoms with E-state index in [2.05, 4.69) is 23.3 Å². The van der Waals surface area contributed by atoms with E-state index >= 15 is 0 Å². The molecule has 0 saturated carbocycles. The Hall–Kier alpha value is -1.38. The smallest absolute Gasteiger partial charge is 0.0412 e. The maximum atomic E-state index is 6.06. The van der Waals surface area contributed by atoms with Gasteiger partial charge in [0.1, 0.15) is 0 Å². The molecule has 0 radical (unpaired) electrons. The van der Waals surface area contributed by atoms with E-state index in [1.807, 2.05) is 30.5 Å². The van der Waals surface area contributed by atoms with Gasteiger partial charge in [0.05, 0.1) is 0 Å². The summed E-state index contributed by atoms with van der Waals surface area (Å²) in [6.45, 7) is 3.90. The Morgan fingerprint density at radius 1 is 1.29 bits per heavy atom. The highest BCUT2D eigenvalue weighted by Gasteiger charge is 2.05. The molecule has 0 aliphatic heterocycles. The van der Waals surface area contributed by atoms with Crippen LogP contribution in [0.3, 0.4) is 0 Å². The van der Waals surface area contributed by atoms with E-state index < -0.39 is 0 Å². The zero-order valence-electron chi connectivity index (χ0n) is 9.78. The molecule has 0 bridgehead atoms. The summed E-state index contributed by atoms with van der Waals surface area (Å²) in [5.41, 5.74) is 3.48. The maximum absolute atomic E-state index is 6.06. The summed E-state index contributed by atoms with van der Waals surface area (Å²) in [5.74, 6) is 0. The first-order valence-electron chi connectivity index (χ1n) is 5.71. The van der Waals surface area contributed by atoms with Crippen molar-refractivity contribution in [2.24, 2.45) is 0 Å². The van der Waals surface area contributed by atoms with E-state index in [1.165, 1.54) is 5.56 Å². The monoisotopic (exact) mass is 246 g/mol. The van der Waals surface area contributed by atoms with Crippen molar-refractivity contribution < 1.29 is 0 Å². The van der Waals surface area contributed by atoms with E-state index in [-0.39, 0.29) is 0 Å². The number of nitrogens with one attached hydrogen (secondary N) is 1. The van der Waals surface area contributed by atoms with Crippen molar-refractivity contribution in [2.75, 3.05) is 6.54 Å². The second-order valence-corrected chi connectivity index (χ2v) is 4.26. The molecule has 0 aliphatic rings. The van der Waals surface area contributed by atoms with Gasteiger partial charge in [-0.2, -0.15) is 0 Å². The fourth-order valence-electron chi connectivity index (χ4n) is 1.75. The van der Waals surface area contributed by atoms with Crippen LogP contribution in [-0.4, -0.2) is 11.5 Å². The number of benzene rings is 1. The number of nitrogens with zero attached hydrogens (tertiary/aromatic N) is 1. The van der Waals surface area contributed by atoms with Gasteiger partial charge < -0.3 is 5.32 Å². The van der Waals surface area contributed by atoms with Gasteiger partial charge in [0.25, 0.3) is 0 Å². The summed E-state index contributed by atoms with van der Waals surface area (Å²) < 4.78 is 0. The third-order valence-electron chi connectivity index (χ3n) is 2.61. The van der Waals surface area contributed by atoms with Crippen LogP contribution >= 0.6 is 11.6 Å². The van der Waals surface area contributed by atoms with Gasteiger partial charge in [-0.3, -0.25) is 4.98 Å². The third kappa shape index (κ3) is 3.05. The largest absolute Gasteiger partial charge is 0.313 e. The Morgan fingerprint density at radius 2 is 2.18 bits per heavy atom. The maximum Gasteiger partial charge on any atom is 0.0412 e. The first-order valence-corrected chi connectivity index (χ1v) is 6.08. The molecule has 1 N–H and O–H groups in total. The van der Waals surface area contributed by atoms with Crippen LogP contribution in [0, 0.1) is 0 Å². The van der Waals surface area contributed by atoms with Crippen LogP contribution < -0.4 is 5.32 Å². The van der Waals surface area contributed by atoms with Crippen molar-refractivity contribution in [3.8, 4) is 11.1 Å². The number of halogens is 1. The van der Waals surface area contributed by atoms with Gasteiger partial charge in [0, 0.05) is 29.5 Å². The fourth-order valence-corrected chi connectivity index (χ4v) is 1.93. The lowest BCUT2D eigenvalue weighted by Gasteiger charge is -2.10. The van der Waals surface area contributed by atoms with Crippen molar-refractivity contribution in [1.82, 2.24) is 10.3 Å². The topological polar surface area (TPSA) is 24.9 Å². The van der Waals surface area contributed by atoms with E-state index in [4.69, 9.17) is 11.6 Å². The van der Waals surface area contributed by atoms with Crippen LogP contribution in [0.4, 0.5) is 0 Å². The normalized spacial score (nSPS) is 10.5. The Balaban J connectivity index is 2.40. The molecule has 1 aromatic heterocycles. The van der Waals surface area contributed by atoms with Gasteiger partial charge in [-0.05, 0) is 35.9 Å². The van der Waals surface area contributed by atoms with Crippen LogP contribution in [0.2, 0.25) is 5.02 Å². The summed E-state index contributed by atoms with van der Waals surface area (Å²) in [6.07, 6.45) is 3.64. The summed E-state index contributed by atoms with van der Waals surface area (Å²) in [7, 11) is 0. The van der Waals surface area contributed by atoms with Crippen LogP contribution in [0.5, 0.6) is 0 Å². The minimum atomic E-state index is 0.754. The van der Waals surface area contributed by atoms with Gasteiger partial charge in [-0.25, -0.2) is 0 Å². The average molecular weight is 247 g/mol. The predicted octanol–water partition coefficient (Wildman–Crippen LogP) is 3.51. The molecule has 1 aromatic carbocycles. The minimum absolute atomic E-state index is 0.754. The van der Waals surface area contributed by atoms with Crippen LogP contribution in [-0.2, 0) is 6.54 Å².